The highest BCUT2D eigenvalue weighted by atomic mass is 16.2. The highest BCUT2D eigenvalue weighted by molar-refractivity contribution is 6.05. The van der Waals surface area contributed by atoms with Crippen LogP contribution in [0.3, 0.4) is 0 Å². The van der Waals surface area contributed by atoms with Crippen molar-refractivity contribution < 1.29 is 19.2 Å². The van der Waals surface area contributed by atoms with Crippen molar-refractivity contribution in [3.8, 4) is 0 Å². The molecule has 0 spiro atoms. The minimum atomic E-state index is -0.662. The molecule has 0 bridgehead atoms. The summed E-state index contributed by atoms with van der Waals surface area (Å²) in [7, 11) is 0. The number of piperidine rings is 1. The van der Waals surface area contributed by atoms with Gasteiger partial charge >= 0.3 is 6.03 Å². The van der Waals surface area contributed by atoms with E-state index < -0.39 is 23.4 Å². The van der Waals surface area contributed by atoms with Gasteiger partial charge in [-0.1, -0.05) is 44.2 Å². The number of imide groups is 1. The molecule has 0 aliphatic carbocycles. The lowest BCUT2D eigenvalue weighted by molar-refractivity contribution is -0.136. The number of hydrogen-bond acceptors (Lipinski definition) is 4. The minimum absolute atomic E-state index is 0.212. The molecule has 3 aliphatic heterocycles. The number of urea groups is 1. The smallest absolute Gasteiger partial charge is 0.319 e. The van der Waals surface area contributed by atoms with Gasteiger partial charge < -0.3 is 10.6 Å². The van der Waals surface area contributed by atoms with Crippen LogP contribution in [0.5, 0.6) is 0 Å². The van der Waals surface area contributed by atoms with Gasteiger partial charge in [-0.15, -0.1) is 0 Å². The molecule has 8 heteroatoms. The molecule has 5 rings (SSSR count). The van der Waals surface area contributed by atoms with Crippen LogP contribution in [0.25, 0.3) is 0 Å². The molecule has 3 heterocycles. The molecule has 0 aromatic heterocycles. The van der Waals surface area contributed by atoms with Crippen LogP contribution in [-0.4, -0.2) is 34.7 Å². The monoisotopic (exact) mass is 432 g/mol. The number of primary amides is 1. The summed E-state index contributed by atoms with van der Waals surface area (Å²) in [5.41, 5.74) is 9.43. The fraction of sp³-hybridized carbons (Fsp3) is 0.333. The van der Waals surface area contributed by atoms with E-state index in [0.717, 1.165) is 22.4 Å². The molecule has 32 heavy (non-hydrogen) atoms. The number of nitrogens with zero attached hydrogens (tertiary/aromatic N) is 2. The van der Waals surface area contributed by atoms with E-state index >= 15 is 0 Å². The summed E-state index contributed by atoms with van der Waals surface area (Å²) in [6.07, 6.45) is 0.529. The second-order valence-corrected chi connectivity index (χ2v) is 9.17. The Balaban J connectivity index is 1.51. The van der Waals surface area contributed by atoms with E-state index in [9.17, 15) is 19.2 Å². The first-order valence-corrected chi connectivity index (χ1v) is 10.7. The highest BCUT2D eigenvalue weighted by Gasteiger charge is 2.48. The predicted octanol–water partition coefficient (Wildman–Crippen LogP) is 2.37. The summed E-state index contributed by atoms with van der Waals surface area (Å²) in [5.74, 6) is -0.969. The largest absolute Gasteiger partial charge is 0.351 e. The Morgan fingerprint density at radius 1 is 1.12 bits per heavy atom. The maximum absolute atomic E-state index is 13.0. The normalized spacial score (nSPS) is 23.8. The molecule has 2 aromatic rings. The number of para-hydroxylation sites is 1. The van der Waals surface area contributed by atoms with E-state index in [-0.39, 0.29) is 30.8 Å². The van der Waals surface area contributed by atoms with E-state index in [1.54, 1.807) is 11.0 Å². The van der Waals surface area contributed by atoms with Crippen LogP contribution in [0.4, 0.5) is 10.5 Å². The number of nitrogens with two attached hydrogens (primary N) is 1. The number of benzene rings is 2. The summed E-state index contributed by atoms with van der Waals surface area (Å²) in [5, 5.41) is 2.32. The molecular weight excluding hydrogens is 408 g/mol. The maximum atomic E-state index is 13.0. The van der Waals surface area contributed by atoms with Gasteiger partial charge in [0.25, 0.3) is 5.91 Å². The number of anilines is 1. The summed E-state index contributed by atoms with van der Waals surface area (Å²) in [6, 6.07) is 11.8. The highest BCUT2D eigenvalue weighted by Crippen LogP contribution is 2.52. The second-order valence-electron chi connectivity index (χ2n) is 9.17. The molecule has 0 saturated carbocycles. The lowest BCUT2D eigenvalue weighted by atomic mass is 9.77. The van der Waals surface area contributed by atoms with Gasteiger partial charge in [-0.2, -0.15) is 0 Å². The molecule has 164 valence electrons. The molecule has 1 fully saturated rings. The van der Waals surface area contributed by atoms with Crippen LogP contribution >= 0.6 is 0 Å². The van der Waals surface area contributed by atoms with Crippen molar-refractivity contribution in [1.82, 2.24) is 10.2 Å². The topological polar surface area (TPSA) is 113 Å². The fourth-order valence-corrected chi connectivity index (χ4v) is 5.41. The Kier molecular flexibility index (Phi) is 4.37. The molecule has 2 aromatic carbocycles. The molecular formula is C24H24N4O4. The van der Waals surface area contributed by atoms with Gasteiger partial charge in [-0.25, -0.2) is 4.79 Å². The third-order valence-corrected chi connectivity index (χ3v) is 6.90. The second kappa shape index (κ2) is 6.91. The lowest BCUT2D eigenvalue weighted by Crippen LogP contribution is -2.52. The molecule has 1 saturated heterocycles. The molecule has 3 aliphatic rings. The number of carbonyl (C=O) groups excluding carboxylic acids is 4. The number of fused-ring (bicyclic) bond motifs is 2. The van der Waals surface area contributed by atoms with Gasteiger partial charge in [0.1, 0.15) is 6.04 Å². The quantitative estimate of drug-likeness (QED) is 0.710. The minimum Gasteiger partial charge on any atom is -0.351 e. The zero-order chi connectivity index (χ0) is 22.8. The van der Waals surface area contributed by atoms with Crippen LogP contribution in [0.2, 0.25) is 0 Å². The molecule has 0 radical (unpaired) electrons. The van der Waals surface area contributed by atoms with E-state index in [1.165, 1.54) is 4.90 Å². The summed E-state index contributed by atoms with van der Waals surface area (Å²) < 4.78 is 0. The van der Waals surface area contributed by atoms with Crippen molar-refractivity contribution in [2.75, 3.05) is 4.90 Å². The SMILES string of the molecule is CC1(C)c2ccccc2N(C(N)=O)C1c1ccc2c(c1)CN(C1CCC(=O)NC1=O)C2=O. The number of carbonyl (C=O) groups is 4. The van der Waals surface area contributed by atoms with Gasteiger partial charge in [-0.05, 0) is 35.2 Å². The fourth-order valence-electron chi connectivity index (χ4n) is 5.41. The number of amides is 5. The zero-order valence-corrected chi connectivity index (χ0v) is 17.9. The van der Waals surface area contributed by atoms with E-state index in [4.69, 9.17) is 5.73 Å². The van der Waals surface area contributed by atoms with E-state index in [1.807, 2.05) is 36.4 Å². The van der Waals surface area contributed by atoms with Crippen LogP contribution in [0.15, 0.2) is 42.5 Å². The van der Waals surface area contributed by atoms with E-state index in [0.29, 0.717) is 12.0 Å². The third kappa shape index (κ3) is 2.82. The van der Waals surface area contributed by atoms with Gasteiger partial charge in [-0.3, -0.25) is 24.6 Å². The summed E-state index contributed by atoms with van der Waals surface area (Å²) >= 11 is 0. The average molecular weight is 432 g/mol. The zero-order valence-electron chi connectivity index (χ0n) is 17.9. The number of rotatable bonds is 2. The van der Waals surface area contributed by atoms with Gasteiger partial charge in [0.15, 0.2) is 0 Å². The van der Waals surface area contributed by atoms with Crippen molar-refractivity contribution >= 4 is 29.4 Å². The molecule has 2 unspecified atom stereocenters. The standard InChI is InChI=1S/C24H24N4O4/c1-24(2)16-5-3-4-6-17(16)28(23(25)32)20(24)13-7-8-15-14(11-13)12-27(22(15)31)18-9-10-19(29)26-21(18)30/h3-8,11,18,20H,9-10,12H2,1-2H3,(H2,25,32)(H,26,29,30). The Morgan fingerprint density at radius 3 is 2.59 bits per heavy atom. The Bertz CT molecular complexity index is 1190. The average Bonchev–Trinajstić information content (AvgIpc) is 3.19. The Hall–Kier alpha value is -3.68. The van der Waals surface area contributed by atoms with Crippen LogP contribution in [0.1, 0.15) is 59.8 Å². The Morgan fingerprint density at radius 2 is 1.88 bits per heavy atom. The van der Waals surface area contributed by atoms with E-state index in [2.05, 4.69) is 19.2 Å². The molecule has 8 nitrogen and oxygen atoms in total. The van der Waals surface area contributed by atoms with Crippen molar-refractivity contribution in [2.45, 2.75) is 50.7 Å². The van der Waals surface area contributed by atoms with Crippen LogP contribution in [-0.2, 0) is 21.5 Å². The summed E-state index contributed by atoms with van der Waals surface area (Å²) in [6.45, 7) is 4.44. The van der Waals surface area contributed by atoms with Crippen molar-refractivity contribution in [2.24, 2.45) is 5.73 Å². The van der Waals surface area contributed by atoms with Crippen molar-refractivity contribution in [3.63, 3.8) is 0 Å². The Labute approximate surface area is 185 Å². The number of nitrogens with one attached hydrogen (secondary N) is 1. The maximum Gasteiger partial charge on any atom is 0.319 e. The first-order chi connectivity index (χ1) is 15.2. The molecule has 2 atom stereocenters. The number of hydrogen-bond donors (Lipinski definition) is 2. The van der Waals surface area contributed by atoms with Gasteiger partial charge in [0, 0.05) is 29.6 Å². The van der Waals surface area contributed by atoms with Crippen molar-refractivity contribution in [1.29, 1.82) is 0 Å². The van der Waals surface area contributed by atoms with Crippen molar-refractivity contribution in [3.05, 3.63) is 64.7 Å². The lowest BCUT2D eigenvalue weighted by Gasteiger charge is -2.33. The van der Waals surface area contributed by atoms with Crippen LogP contribution < -0.4 is 16.0 Å². The molecule has 3 N–H and O–H groups in total. The first kappa shape index (κ1) is 20.2. The molecule has 5 amide bonds. The predicted molar refractivity (Wildman–Crippen MR) is 117 cm³/mol. The van der Waals surface area contributed by atoms with Crippen LogP contribution in [0, 0.1) is 0 Å². The van der Waals surface area contributed by atoms with Gasteiger partial charge in [0.2, 0.25) is 11.8 Å². The summed E-state index contributed by atoms with van der Waals surface area (Å²) in [4.78, 5) is 52.4. The third-order valence-electron chi connectivity index (χ3n) is 6.90. The van der Waals surface area contributed by atoms with Gasteiger partial charge in [0.05, 0.1) is 6.04 Å². The first-order valence-electron chi connectivity index (χ1n) is 10.7.